The van der Waals surface area contributed by atoms with Crippen molar-refractivity contribution in [2.45, 2.75) is 59.0 Å². The Bertz CT molecular complexity index is 795. The van der Waals surface area contributed by atoms with Crippen molar-refractivity contribution in [3.8, 4) is 17.6 Å². The Hall–Kier alpha value is -2.80. The van der Waals surface area contributed by atoms with Crippen LogP contribution < -0.4 is 4.74 Å². The first-order valence-electron chi connectivity index (χ1n) is 10.5. The van der Waals surface area contributed by atoms with Gasteiger partial charge in [-0.3, -0.25) is 4.79 Å². The second kappa shape index (κ2) is 11.9. The fourth-order valence-electron chi connectivity index (χ4n) is 3.25. The van der Waals surface area contributed by atoms with Gasteiger partial charge in [-0.25, -0.2) is 0 Å². The molecule has 2 aromatic rings. The van der Waals surface area contributed by atoms with Crippen molar-refractivity contribution < 1.29 is 14.3 Å². The standard InChI is InChI=1S/C25H31NO3/c1-4-5-6-10-16-23(19(2)3)25(27)29-24(18-26)20-12-11-15-22(17-20)28-21-13-8-7-9-14-21/h7-9,11-15,17,19,23-24H,4-6,10,16H2,1-3H3. The summed E-state index contributed by atoms with van der Waals surface area (Å²) in [5, 5.41) is 9.61. The SMILES string of the molecule is CCCCCCC(C(=O)OC(C#N)c1cccc(Oc2ccccc2)c1)C(C)C. The Labute approximate surface area is 174 Å². The third kappa shape index (κ3) is 7.27. The largest absolute Gasteiger partial charge is 0.457 e. The van der Waals surface area contributed by atoms with Crippen LogP contribution in [0.3, 0.4) is 0 Å². The van der Waals surface area contributed by atoms with Gasteiger partial charge in [0.25, 0.3) is 0 Å². The van der Waals surface area contributed by atoms with Crippen LogP contribution in [-0.4, -0.2) is 5.97 Å². The summed E-state index contributed by atoms with van der Waals surface area (Å²) in [4.78, 5) is 12.8. The lowest BCUT2D eigenvalue weighted by atomic mass is 9.90. The summed E-state index contributed by atoms with van der Waals surface area (Å²) in [7, 11) is 0. The first kappa shape index (κ1) is 22.5. The molecule has 4 heteroatoms. The fraction of sp³-hybridized carbons (Fsp3) is 0.440. The van der Waals surface area contributed by atoms with Crippen molar-refractivity contribution in [1.82, 2.24) is 0 Å². The van der Waals surface area contributed by atoms with Crippen LogP contribution in [0.25, 0.3) is 0 Å². The Morgan fingerprint density at radius 2 is 1.72 bits per heavy atom. The van der Waals surface area contributed by atoms with E-state index >= 15 is 0 Å². The van der Waals surface area contributed by atoms with Crippen LogP contribution in [0, 0.1) is 23.2 Å². The van der Waals surface area contributed by atoms with E-state index in [-0.39, 0.29) is 17.8 Å². The number of nitriles is 1. The summed E-state index contributed by atoms with van der Waals surface area (Å²) in [6.45, 7) is 6.23. The first-order valence-corrected chi connectivity index (χ1v) is 10.5. The highest BCUT2D eigenvalue weighted by molar-refractivity contribution is 5.73. The molecule has 0 aromatic heterocycles. The Morgan fingerprint density at radius 1 is 1.00 bits per heavy atom. The summed E-state index contributed by atoms with van der Waals surface area (Å²) in [6.07, 6.45) is 4.31. The van der Waals surface area contributed by atoms with Crippen LogP contribution in [-0.2, 0) is 9.53 Å². The summed E-state index contributed by atoms with van der Waals surface area (Å²) in [6, 6.07) is 18.7. The molecule has 2 aromatic carbocycles. The summed E-state index contributed by atoms with van der Waals surface area (Å²) >= 11 is 0. The molecule has 154 valence electrons. The summed E-state index contributed by atoms with van der Waals surface area (Å²) in [5.41, 5.74) is 0.614. The first-order chi connectivity index (χ1) is 14.0. The van der Waals surface area contributed by atoms with Gasteiger partial charge in [0.1, 0.15) is 17.6 Å². The highest BCUT2D eigenvalue weighted by atomic mass is 16.5. The molecule has 2 atom stereocenters. The molecule has 0 aliphatic rings. The fourth-order valence-corrected chi connectivity index (χ4v) is 3.25. The van der Waals surface area contributed by atoms with Crippen molar-refractivity contribution in [1.29, 1.82) is 5.26 Å². The van der Waals surface area contributed by atoms with E-state index < -0.39 is 6.10 Å². The van der Waals surface area contributed by atoms with Gasteiger partial charge >= 0.3 is 5.97 Å². The van der Waals surface area contributed by atoms with Crippen molar-refractivity contribution >= 4 is 5.97 Å². The molecule has 0 bridgehead atoms. The number of ether oxygens (including phenoxy) is 2. The molecule has 0 fully saturated rings. The number of unbranched alkanes of at least 4 members (excludes halogenated alkanes) is 3. The minimum atomic E-state index is -0.946. The number of hydrogen-bond donors (Lipinski definition) is 0. The lowest BCUT2D eigenvalue weighted by molar-refractivity contribution is -0.153. The number of carbonyl (C=O) groups excluding carboxylic acids is 1. The minimum Gasteiger partial charge on any atom is -0.457 e. The van der Waals surface area contributed by atoms with Crippen LogP contribution in [0.2, 0.25) is 0 Å². The third-order valence-corrected chi connectivity index (χ3v) is 4.97. The topological polar surface area (TPSA) is 59.3 Å². The summed E-state index contributed by atoms with van der Waals surface area (Å²) < 4.78 is 11.4. The molecule has 0 aliphatic heterocycles. The number of hydrogen-bond acceptors (Lipinski definition) is 4. The number of carbonyl (C=O) groups is 1. The van der Waals surface area contributed by atoms with Gasteiger partial charge in [0.15, 0.2) is 0 Å². The van der Waals surface area contributed by atoms with E-state index in [2.05, 4.69) is 13.0 Å². The smallest absolute Gasteiger partial charge is 0.310 e. The van der Waals surface area contributed by atoms with E-state index in [0.29, 0.717) is 17.1 Å². The predicted octanol–water partition coefficient (Wildman–Crippen LogP) is 6.83. The average molecular weight is 394 g/mol. The zero-order chi connectivity index (χ0) is 21.1. The maximum absolute atomic E-state index is 12.8. The third-order valence-electron chi connectivity index (χ3n) is 4.97. The maximum atomic E-state index is 12.8. The van der Waals surface area contributed by atoms with E-state index in [0.717, 1.165) is 25.7 Å². The molecule has 0 radical (unpaired) electrons. The number of nitrogens with zero attached hydrogens (tertiary/aromatic N) is 1. The number of para-hydroxylation sites is 1. The van der Waals surface area contributed by atoms with Crippen molar-refractivity contribution in [3.63, 3.8) is 0 Å². The van der Waals surface area contributed by atoms with E-state index in [1.807, 2.05) is 50.2 Å². The monoisotopic (exact) mass is 393 g/mol. The molecule has 0 spiro atoms. The minimum absolute atomic E-state index is 0.177. The van der Waals surface area contributed by atoms with E-state index in [4.69, 9.17) is 9.47 Å². The molecular formula is C25H31NO3. The molecular weight excluding hydrogens is 362 g/mol. The van der Waals surface area contributed by atoms with Gasteiger partial charge in [0.05, 0.1) is 5.92 Å². The molecule has 0 saturated carbocycles. The summed E-state index contributed by atoms with van der Waals surface area (Å²) in [5.74, 6) is 1.01. The zero-order valence-corrected chi connectivity index (χ0v) is 17.6. The Morgan fingerprint density at radius 3 is 2.38 bits per heavy atom. The van der Waals surface area contributed by atoms with Gasteiger partial charge in [0.2, 0.25) is 6.10 Å². The lowest BCUT2D eigenvalue weighted by Gasteiger charge is -2.21. The van der Waals surface area contributed by atoms with Crippen LogP contribution in [0.5, 0.6) is 11.5 Å². The highest BCUT2D eigenvalue weighted by Crippen LogP contribution is 2.28. The number of rotatable bonds is 11. The van der Waals surface area contributed by atoms with Crippen LogP contribution in [0.15, 0.2) is 54.6 Å². The van der Waals surface area contributed by atoms with Gasteiger partial charge in [0, 0.05) is 5.56 Å². The molecule has 4 nitrogen and oxygen atoms in total. The Balaban J connectivity index is 2.05. The maximum Gasteiger partial charge on any atom is 0.310 e. The van der Waals surface area contributed by atoms with Gasteiger partial charge in [-0.15, -0.1) is 0 Å². The molecule has 0 amide bonds. The van der Waals surface area contributed by atoms with Crippen molar-refractivity contribution in [2.24, 2.45) is 11.8 Å². The molecule has 29 heavy (non-hydrogen) atoms. The van der Waals surface area contributed by atoms with Crippen molar-refractivity contribution in [3.05, 3.63) is 60.2 Å². The highest BCUT2D eigenvalue weighted by Gasteiger charge is 2.27. The number of esters is 1. The molecule has 0 aliphatic carbocycles. The molecule has 0 saturated heterocycles. The predicted molar refractivity (Wildman–Crippen MR) is 114 cm³/mol. The Kier molecular flexibility index (Phi) is 9.24. The van der Waals surface area contributed by atoms with Gasteiger partial charge in [-0.05, 0) is 36.6 Å². The average Bonchev–Trinajstić information content (AvgIpc) is 2.72. The second-order valence-electron chi connectivity index (χ2n) is 7.63. The van der Waals surface area contributed by atoms with Gasteiger partial charge in [-0.2, -0.15) is 5.26 Å². The zero-order valence-electron chi connectivity index (χ0n) is 17.6. The van der Waals surface area contributed by atoms with Crippen molar-refractivity contribution in [2.75, 3.05) is 0 Å². The molecule has 2 rings (SSSR count). The van der Waals surface area contributed by atoms with Crippen LogP contribution in [0.1, 0.15) is 64.5 Å². The number of benzene rings is 2. The second-order valence-corrected chi connectivity index (χ2v) is 7.63. The molecule has 2 unspecified atom stereocenters. The molecule has 0 heterocycles. The quantitative estimate of drug-likeness (QED) is 0.310. The van der Waals surface area contributed by atoms with Crippen LogP contribution in [0.4, 0.5) is 0 Å². The van der Waals surface area contributed by atoms with Gasteiger partial charge < -0.3 is 9.47 Å². The van der Waals surface area contributed by atoms with E-state index in [1.54, 1.807) is 18.2 Å². The van der Waals surface area contributed by atoms with E-state index in [9.17, 15) is 10.1 Å². The normalized spacial score (nSPS) is 12.8. The lowest BCUT2D eigenvalue weighted by Crippen LogP contribution is -2.24. The van der Waals surface area contributed by atoms with E-state index in [1.165, 1.54) is 6.42 Å². The van der Waals surface area contributed by atoms with Gasteiger partial charge in [-0.1, -0.05) is 76.8 Å². The van der Waals surface area contributed by atoms with Crippen LogP contribution >= 0.6 is 0 Å². The molecule has 0 N–H and O–H groups in total.